The molecule has 0 aromatic heterocycles. The molecule has 1 atom stereocenters. The van der Waals surface area contributed by atoms with Gasteiger partial charge < -0.3 is 10.1 Å². The Morgan fingerprint density at radius 3 is 1.76 bits per heavy atom. The van der Waals surface area contributed by atoms with Crippen molar-refractivity contribution in [3.63, 3.8) is 0 Å². The van der Waals surface area contributed by atoms with Crippen LogP contribution in [0.5, 0.6) is 0 Å². The molecule has 1 N–H and O–H groups in total. The normalized spacial score (nSPS) is 11.7. The van der Waals surface area contributed by atoms with Gasteiger partial charge in [-0.15, -0.1) is 0 Å². The smallest absolute Gasteiger partial charge is 0.329 e. The molecule has 0 bridgehead atoms. The largest absolute Gasteiger partial charge is 0.467 e. The minimum Gasteiger partial charge on any atom is -0.467 e. The number of rotatable bonds is 6. The summed E-state index contributed by atoms with van der Waals surface area (Å²) in [6.07, 6.45) is 0. The van der Waals surface area contributed by atoms with Gasteiger partial charge in [0.05, 0.1) is 7.11 Å². The number of hydrogen-bond donors (Lipinski definition) is 1. The first-order valence-electron chi connectivity index (χ1n) is 8.94. The molecule has 0 aliphatic heterocycles. The standard InChI is InChI=1S/C23H19F2NO3/c1-29-23(28)21(26-22(27)17-12-18(24)14-19(25)13-17)20(15-8-4-2-5-9-15)16-10-6-3-7-11-16/h2-14,20-21H,1H3,(H,26,27)/t21-/m1/s1. The van der Waals surface area contributed by atoms with Gasteiger partial charge in [0.15, 0.2) is 0 Å². The Morgan fingerprint density at radius 2 is 1.31 bits per heavy atom. The molecule has 0 fully saturated rings. The second-order valence-electron chi connectivity index (χ2n) is 6.43. The molecule has 0 aliphatic rings. The lowest BCUT2D eigenvalue weighted by Crippen LogP contribution is -2.46. The summed E-state index contributed by atoms with van der Waals surface area (Å²) in [4.78, 5) is 25.3. The highest BCUT2D eigenvalue weighted by Crippen LogP contribution is 2.29. The molecule has 3 aromatic carbocycles. The monoisotopic (exact) mass is 395 g/mol. The third kappa shape index (κ3) is 4.85. The number of amides is 1. The fourth-order valence-corrected chi connectivity index (χ4v) is 3.21. The van der Waals surface area contributed by atoms with Crippen molar-refractivity contribution in [3.8, 4) is 0 Å². The van der Waals surface area contributed by atoms with Gasteiger partial charge in [0.25, 0.3) is 5.91 Å². The summed E-state index contributed by atoms with van der Waals surface area (Å²) < 4.78 is 32.0. The molecule has 0 aliphatic carbocycles. The van der Waals surface area contributed by atoms with E-state index in [1.165, 1.54) is 7.11 Å². The Balaban J connectivity index is 2.02. The molecule has 0 radical (unpaired) electrons. The molecule has 0 unspecified atom stereocenters. The first-order chi connectivity index (χ1) is 14.0. The maximum atomic E-state index is 13.5. The summed E-state index contributed by atoms with van der Waals surface area (Å²) in [6, 6.07) is 19.7. The van der Waals surface area contributed by atoms with E-state index in [4.69, 9.17) is 4.74 Å². The summed E-state index contributed by atoms with van der Waals surface area (Å²) in [7, 11) is 1.22. The van der Waals surface area contributed by atoms with Crippen molar-refractivity contribution in [2.75, 3.05) is 7.11 Å². The SMILES string of the molecule is COC(=O)[C@H](NC(=O)c1cc(F)cc(F)c1)C(c1ccccc1)c1ccccc1. The van der Waals surface area contributed by atoms with Crippen LogP contribution in [0.15, 0.2) is 78.9 Å². The van der Waals surface area contributed by atoms with Crippen LogP contribution in [0.25, 0.3) is 0 Å². The van der Waals surface area contributed by atoms with Gasteiger partial charge in [0, 0.05) is 17.5 Å². The Kier molecular flexibility index (Phi) is 6.34. The second-order valence-corrected chi connectivity index (χ2v) is 6.43. The molecule has 3 rings (SSSR count). The molecule has 148 valence electrons. The second kappa shape index (κ2) is 9.10. The first-order valence-corrected chi connectivity index (χ1v) is 8.94. The van der Waals surface area contributed by atoms with Crippen molar-refractivity contribution in [3.05, 3.63) is 107 Å². The highest BCUT2D eigenvalue weighted by molar-refractivity contribution is 5.97. The van der Waals surface area contributed by atoms with Crippen LogP contribution in [0.2, 0.25) is 0 Å². The quantitative estimate of drug-likeness (QED) is 0.640. The number of carbonyl (C=O) groups is 2. The lowest BCUT2D eigenvalue weighted by Gasteiger charge is -2.27. The fraction of sp³-hybridized carbons (Fsp3) is 0.130. The van der Waals surface area contributed by atoms with Crippen LogP contribution in [0.4, 0.5) is 8.78 Å². The van der Waals surface area contributed by atoms with Crippen molar-refractivity contribution in [1.29, 1.82) is 0 Å². The van der Waals surface area contributed by atoms with E-state index in [0.717, 1.165) is 23.3 Å². The summed E-state index contributed by atoms with van der Waals surface area (Å²) in [5, 5.41) is 2.59. The number of nitrogens with one attached hydrogen (secondary N) is 1. The van der Waals surface area contributed by atoms with E-state index in [9.17, 15) is 18.4 Å². The van der Waals surface area contributed by atoms with E-state index in [1.807, 2.05) is 60.7 Å². The van der Waals surface area contributed by atoms with E-state index in [0.29, 0.717) is 6.07 Å². The molecular formula is C23H19F2NO3. The fourth-order valence-electron chi connectivity index (χ4n) is 3.21. The Labute approximate surface area is 167 Å². The van der Waals surface area contributed by atoms with Crippen molar-refractivity contribution >= 4 is 11.9 Å². The van der Waals surface area contributed by atoms with Gasteiger partial charge in [-0.2, -0.15) is 0 Å². The van der Waals surface area contributed by atoms with Gasteiger partial charge in [-0.05, 0) is 23.3 Å². The number of hydrogen-bond acceptors (Lipinski definition) is 3. The van der Waals surface area contributed by atoms with Crippen LogP contribution in [-0.2, 0) is 9.53 Å². The maximum absolute atomic E-state index is 13.5. The summed E-state index contributed by atoms with van der Waals surface area (Å²) >= 11 is 0. The number of methoxy groups -OCH3 is 1. The van der Waals surface area contributed by atoms with Crippen molar-refractivity contribution in [2.24, 2.45) is 0 Å². The van der Waals surface area contributed by atoms with Crippen LogP contribution in [0, 0.1) is 11.6 Å². The minimum atomic E-state index is -1.11. The highest BCUT2D eigenvalue weighted by Gasteiger charge is 2.33. The van der Waals surface area contributed by atoms with Gasteiger partial charge in [0.1, 0.15) is 17.7 Å². The van der Waals surface area contributed by atoms with E-state index in [2.05, 4.69) is 5.32 Å². The maximum Gasteiger partial charge on any atom is 0.329 e. The molecule has 3 aromatic rings. The summed E-state index contributed by atoms with van der Waals surface area (Å²) in [6.45, 7) is 0. The highest BCUT2D eigenvalue weighted by atomic mass is 19.1. The molecule has 29 heavy (non-hydrogen) atoms. The van der Waals surface area contributed by atoms with E-state index < -0.39 is 35.5 Å². The summed E-state index contributed by atoms with van der Waals surface area (Å²) in [5.41, 5.74) is 1.33. The van der Waals surface area contributed by atoms with Crippen LogP contribution in [-0.4, -0.2) is 25.0 Å². The lowest BCUT2D eigenvalue weighted by molar-refractivity contribution is -0.143. The third-order valence-electron chi connectivity index (χ3n) is 4.52. The van der Waals surface area contributed by atoms with Crippen molar-refractivity contribution in [1.82, 2.24) is 5.32 Å². The van der Waals surface area contributed by atoms with Gasteiger partial charge in [-0.25, -0.2) is 13.6 Å². The van der Waals surface area contributed by atoms with Gasteiger partial charge in [-0.1, -0.05) is 60.7 Å². The topological polar surface area (TPSA) is 55.4 Å². The predicted octanol–water partition coefficient (Wildman–Crippen LogP) is 4.07. The number of ether oxygens (including phenoxy) is 1. The van der Waals surface area contributed by atoms with Gasteiger partial charge >= 0.3 is 5.97 Å². The minimum absolute atomic E-state index is 0.226. The number of benzene rings is 3. The molecule has 1 amide bonds. The number of esters is 1. The molecular weight excluding hydrogens is 376 g/mol. The third-order valence-corrected chi connectivity index (χ3v) is 4.52. The Morgan fingerprint density at radius 1 is 0.828 bits per heavy atom. The van der Waals surface area contributed by atoms with E-state index in [-0.39, 0.29) is 5.56 Å². The van der Waals surface area contributed by atoms with Crippen LogP contribution >= 0.6 is 0 Å². The van der Waals surface area contributed by atoms with Crippen LogP contribution in [0.3, 0.4) is 0 Å². The number of carbonyl (C=O) groups excluding carboxylic acids is 2. The van der Waals surface area contributed by atoms with Gasteiger partial charge in [-0.3, -0.25) is 4.79 Å². The first kappa shape index (κ1) is 20.2. The zero-order valence-corrected chi connectivity index (χ0v) is 15.6. The van der Waals surface area contributed by atoms with Crippen molar-refractivity contribution in [2.45, 2.75) is 12.0 Å². The molecule has 0 spiro atoms. The summed E-state index contributed by atoms with van der Waals surface area (Å²) in [5.74, 6) is -3.78. The van der Waals surface area contributed by atoms with Crippen LogP contribution < -0.4 is 5.32 Å². The molecule has 0 heterocycles. The van der Waals surface area contributed by atoms with Crippen molar-refractivity contribution < 1.29 is 23.1 Å². The van der Waals surface area contributed by atoms with Crippen LogP contribution in [0.1, 0.15) is 27.4 Å². The van der Waals surface area contributed by atoms with E-state index in [1.54, 1.807) is 0 Å². The Hall–Kier alpha value is -3.54. The predicted molar refractivity (Wildman–Crippen MR) is 104 cm³/mol. The number of halogens is 2. The zero-order valence-electron chi connectivity index (χ0n) is 15.6. The van der Waals surface area contributed by atoms with Gasteiger partial charge in [0.2, 0.25) is 0 Å². The average molecular weight is 395 g/mol. The molecule has 0 saturated heterocycles. The molecule has 6 heteroatoms. The average Bonchev–Trinajstić information content (AvgIpc) is 2.73. The van der Waals surface area contributed by atoms with E-state index >= 15 is 0 Å². The molecule has 4 nitrogen and oxygen atoms in total. The zero-order chi connectivity index (χ0) is 20.8. The Bertz CT molecular complexity index is 934. The molecule has 0 saturated carbocycles. The lowest BCUT2D eigenvalue weighted by atomic mass is 9.84.